The average Bonchev–Trinajstić information content (AvgIpc) is 3.16. The number of aromatic nitrogens is 2. The summed E-state index contributed by atoms with van der Waals surface area (Å²) in [5.74, 6) is 0.369. The van der Waals surface area contributed by atoms with Crippen LogP contribution in [0.15, 0.2) is 60.9 Å². The van der Waals surface area contributed by atoms with Gasteiger partial charge in [0.05, 0.1) is 5.69 Å². The molecule has 0 spiro atoms. The third-order valence-electron chi connectivity index (χ3n) is 5.55. The molecular formula is C22H26N4O2. The molecule has 6 nitrogen and oxygen atoms in total. The van der Waals surface area contributed by atoms with E-state index in [0.29, 0.717) is 32.0 Å². The highest BCUT2D eigenvalue weighted by Gasteiger charge is 2.31. The SMILES string of the molecule is O=C(NCCc1cn2ccccc2n1)N1CC[C@@H](c2ccccc2)[C@@H](CO)C1. The van der Waals surface area contributed by atoms with E-state index in [4.69, 9.17) is 0 Å². The van der Waals surface area contributed by atoms with Gasteiger partial charge in [0.15, 0.2) is 0 Å². The molecule has 3 aromatic rings. The Bertz CT molecular complexity index is 891. The Morgan fingerprint density at radius 1 is 1.18 bits per heavy atom. The molecule has 4 rings (SSSR count). The highest BCUT2D eigenvalue weighted by Crippen LogP contribution is 2.32. The summed E-state index contributed by atoms with van der Waals surface area (Å²) in [7, 11) is 0. The van der Waals surface area contributed by atoms with Crippen LogP contribution in [0.5, 0.6) is 0 Å². The number of piperidine rings is 1. The van der Waals surface area contributed by atoms with E-state index in [9.17, 15) is 9.90 Å². The largest absolute Gasteiger partial charge is 0.396 e. The number of aliphatic hydroxyl groups is 1. The van der Waals surface area contributed by atoms with Crippen LogP contribution in [-0.4, -0.2) is 51.7 Å². The third-order valence-corrected chi connectivity index (χ3v) is 5.55. The number of carbonyl (C=O) groups is 1. The van der Waals surface area contributed by atoms with Crippen molar-refractivity contribution in [1.82, 2.24) is 19.6 Å². The van der Waals surface area contributed by atoms with Crippen LogP contribution < -0.4 is 5.32 Å². The average molecular weight is 378 g/mol. The summed E-state index contributed by atoms with van der Waals surface area (Å²) < 4.78 is 1.98. The maximum Gasteiger partial charge on any atom is 0.317 e. The number of hydrogen-bond acceptors (Lipinski definition) is 3. The van der Waals surface area contributed by atoms with Gasteiger partial charge in [0.25, 0.3) is 0 Å². The number of likely N-dealkylation sites (tertiary alicyclic amines) is 1. The number of imidazole rings is 1. The van der Waals surface area contributed by atoms with E-state index in [0.717, 1.165) is 17.8 Å². The number of nitrogens with zero attached hydrogens (tertiary/aromatic N) is 3. The van der Waals surface area contributed by atoms with Crippen LogP contribution in [0.3, 0.4) is 0 Å². The van der Waals surface area contributed by atoms with Gasteiger partial charge in [-0.3, -0.25) is 0 Å². The second-order valence-corrected chi connectivity index (χ2v) is 7.37. The van der Waals surface area contributed by atoms with Crippen LogP contribution in [0.2, 0.25) is 0 Å². The Balaban J connectivity index is 1.30. The fraction of sp³-hybridized carbons (Fsp3) is 0.364. The quantitative estimate of drug-likeness (QED) is 0.717. The molecule has 2 aromatic heterocycles. The first-order chi connectivity index (χ1) is 13.7. The molecule has 2 amide bonds. The van der Waals surface area contributed by atoms with E-state index in [-0.39, 0.29) is 18.6 Å². The second-order valence-electron chi connectivity index (χ2n) is 7.37. The molecule has 0 radical (unpaired) electrons. The highest BCUT2D eigenvalue weighted by atomic mass is 16.3. The Labute approximate surface area is 164 Å². The maximum absolute atomic E-state index is 12.6. The molecule has 1 aromatic carbocycles. The summed E-state index contributed by atoms with van der Waals surface area (Å²) in [6.07, 6.45) is 5.53. The zero-order valence-electron chi connectivity index (χ0n) is 15.9. The van der Waals surface area contributed by atoms with E-state index >= 15 is 0 Å². The van der Waals surface area contributed by atoms with Crippen LogP contribution in [0.25, 0.3) is 5.65 Å². The van der Waals surface area contributed by atoms with Crippen LogP contribution in [0.1, 0.15) is 23.6 Å². The Morgan fingerprint density at radius 2 is 2.00 bits per heavy atom. The summed E-state index contributed by atoms with van der Waals surface area (Å²) in [5.41, 5.74) is 3.12. The number of fused-ring (bicyclic) bond motifs is 1. The Hall–Kier alpha value is -2.86. The number of hydrogen-bond donors (Lipinski definition) is 2. The predicted molar refractivity (Wildman–Crippen MR) is 108 cm³/mol. The van der Waals surface area contributed by atoms with Gasteiger partial charge in [-0.15, -0.1) is 0 Å². The number of benzene rings is 1. The minimum Gasteiger partial charge on any atom is -0.396 e. The van der Waals surface area contributed by atoms with E-state index in [1.165, 1.54) is 5.56 Å². The van der Waals surface area contributed by atoms with Gasteiger partial charge in [0, 0.05) is 51.0 Å². The monoisotopic (exact) mass is 378 g/mol. The van der Waals surface area contributed by atoms with Crippen molar-refractivity contribution in [1.29, 1.82) is 0 Å². The van der Waals surface area contributed by atoms with Crippen molar-refractivity contribution in [3.63, 3.8) is 0 Å². The topological polar surface area (TPSA) is 69.9 Å². The van der Waals surface area contributed by atoms with Crippen molar-refractivity contribution >= 4 is 11.7 Å². The molecule has 2 N–H and O–H groups in total. The lowest BCUT2D eigenvalue weighted by Crippen LogP contribution is -2.48. The van der Waals surface area contributed by atoms with Gasteiger partial charge < -0.3 is 19.7 Å². The molecule has 0 unspecified atom stereocenters. The summed E-state index contributed by atoms with van der Waals surface area (Å²) in [4.78, 5) is 19.0. The first-order valence-corrected chi connectivity index (χ1v) is 9.86. The molecule has 6 heteroatoms. The van der Waals surface area contributed by atoms with E-state index in [1.54, 1.807) is 0 Å². The minimum absolute atomic E-state index is 0.0614. The fourth-order valence-corrected chi connectivity index (χ4v) is 4.06. The van der Waals surface area contributed by atoms with Crippen molar-refractivity contribution in [2.24, 2.45) is 5.92 Å². The van der Waals surface area contributed by atoms with Crippen LogP contribution in [-0.2, 0) is 6.42 Å². The lowest BCUT2D eigenvalue weighted by Gasteiger charge is -2.38. The zero-order valence-corrected chi connectivity index (χ0v) is 15.9. The number of nitrogens with one attached hydrogen (secondary N) is 1. The molecule has 0 saturated carbocycles. The molecule has 0 bridgehead atoms. The Morgan fingerprint density at radius 3 is 2.79 bits per heavy atom. The van der Waals surface area contributed by atoms with E-state index in [1.807, 2.05) is 58.1 Å². The maximum atomic E-state index is 12.6. The molecule has 1 fully saturated rings. The van der Waals surface area contributed by atoms with Crippen LogP contribution >= 0.6 is 0 Å². The lowest BCUT2D eigenvalue weighted by molar-refractivity contribution is 0.114. The number of carbonyl (C=O) groups excluding carboxylic acids is 1. The first kappa shape index (κ1) is 18.5. The van der Waals surface area contributed by atoms with Crippen LogP contribution in [0, 0.1) is 5.92 Å². The first-order valence-electron chi connectivity index (χ1n) is 9.86. The Kier molecular flexibility index (Phi) is 5.58. The van der Waals surface area contributed by atoms with Crippen molar-refractivity contribution in [2.45, 2.75) is 18.8 Å². The predicted octanol–water partition coefficient (Wildman–Crippen LogP) is 2.68. The molecular weight excluding hydrogens is 352 g/mol. The summed E-state index contributed by atoms with van der Waals surface area (Å²) in [5, 5.41) is 12.8. The van der Waals surface area contributed by atoms with Gasteiger partial charge in [-0.05, 0) is 30.0 Å². The van der Waals surface area contributed by atoms with Gasteiger partial charge in [-0.1, -0.05) is 36.4 Å². The number of urea groups is 1. The summed E-state index contributed by atoms with van der Waals surface area (Å²) >= 11 is 0. The van der Waals surface area contributed by atoms with Gasteiger partial charge >= 0.3 is 6.03 Å². The second kappa shape index (κ2) is 8.44. The van der Waals surface area contributed by atoms with Gasteiger partial charge in [0.1, 0.15) is 5.65 Å². The summed E-state index contributed by atoms with van der Waals surface area (Å²) in [6.45, 7) is 1.92. The number of pyridine rings is 1. The smallest absolute Gasteiger partial charge is 0.317 e. The zero-order chi connectivity index (χ0) is 19.3. The third kappa shape index (κ3) is 4.02. The van der Waals surface area contributed by atoms with E-state index in [2.05, 4.69) is 22.4 Å². The minimum atomic E-state index is -0.0614. The molecule has 0 aliphatic carbocycles. The number of rotatable bonds is 5. The molecule has 28 heavy (non-hydrogen) atoms. The summed E-state index contributed by atoms with van der Waals surface area (Å²) in [6, 6.07) is 16.1. The molecule has 1 aliphatic heterocycles. The molecule has 2 atom stereocenters. The standard InChI is InChI=1S/C22H26N4O2/c27-16-18-14-26(13-10-20(18)17-6-2-1-3-7-17)22(28)23-11-9-19-15-25-12-5-4-8-21(25)24-19/h1-8,12,15,18,20,27H,9-11,13-14,16H2,(H,23,28)/t18-,20+/m1/s1. The normalized spacial score (nSPS) is 19.7. The van der Waals surface area contributed by atoms with Gasteiger partial charge in [-0.25, -0.2) is 9.78 Å². The molecule has 1 saturated heterocycles. The van der Waals surface area contributed by atoms with Crippen molar-refractivity contribution in [3.05, 3.63) is 72.2 Å². The number of amides is 2. The molecule has 3 heterocycles. The fourth-order valence-electron chi connectivity index (χ4n) is 4.06. The van der Waals surface area contributed by atoms with Crippen molar-refractivity contribution in [2.75, 3.05) is 26.2 Å². The lowest BCUT2D eigenvalue weighted by atomic mass is 9.81. The van der Waals surface area contributed by atoms with Gasteiger partial charge in [-0.2, -0.15) is 0 Å². The molecule has 146 valence electrons. The van der Waals surface area contributed by atoms with Crippen LogP contribution in [0.4, 0.5) is 4.79 Å². The van der Waals surface area contributed by atoms with Gasteiger partial charge in [0.2, 0.25) is 0 Å². The van der Waals surface area contributed by atoms with E-state index < -0.39 is 0 Å². The van der Waals surface area contributed by atoms with Crippen molar-refractivity contribution < 1.29 is 9.90 Å². The number of aliphatic hydroxyl groups excluding tert-OH is 1. The van der Waals surface area contributed by atoms with Crippen molar-refractivity contribution in [3.8, 4) is 0 Å². The highest BCUT2D eigenvalue weighted by molar-refractivity contribution is 5.74. The molecule has 1 aliphatic rings.